The summed E-state index contributed by atoms with van der Waals surface area (Å²) in [6.45, 7) is 4.78. The molecule has 0 unspecified atom stereocenters. The summed E-state index contributed by atoms with van der Waals surface area (Å²) in [5, 5.41) is 5.53. The van der Waals surface area contributed by atoms with Crippen molar-refractivity contribution in [3.05, 3.63) is 70.4 Å². The van der Waals surface area contributed by atoms with Gasteiger partial charge in [-0.3, -0.25) is 14.4 Å². The van der Waals surface area contributed by atoms with Crippen LogP contribution in [0.5, 0.6) is 28.7 Å². The van der Waals surface area contributed by atoms with Crippen LogP contribution in [0.15, 0.2) is 63.8 Å². The summed E-state index contributed by atoms with van der Waals surface area (Å²) >= 11 is 1.53. The highest BCUT2D eigenvalue weighted by Crippen LogP contribution is 2.43. The van der Waals surface area contributed by atoms with Gasteiger partial charge >= 0.3 is 5.97 Å². The fraction of sp³-hybridized carbons (Fsp3) is 0.333. The standard InChI is InChI=1S/C36H38N2O11S/c1-36(2,3)49-35(42)23(12-13-50-6)38-30(40)18-45-33-31-24(39)16-26(48-28(31)17-29(43-4)32(33)44-5)20-8-7-9-22(14-20)37-34(41)21-10-11-25-27(15-21)47-19-46-25/h7-11,14-17,23H,12-13,18-19H2,1-6H3,(H,37,41)(H,38,40)/t23-/m0/s1. The summed E-state index contributed by atoms with van der Waals surface area (Å²) in [6, 6.07) is 13.6. The Morgan fingerprint density at radius 1 is 0.960 bits per heavy atom. The monoisotopic (exact) mass is 706 g/mol. The van der Waals surface area contributed by atoms with Gasteiger partial charge in [0, 0.05) is 28.9 Å². The van der Waals surface area contributed by atoms with Crippen LogP contribution in [0.3, 0.4) is 0 Å². The number of hydrogen-bond acceptors (Lipinski definition) is 12. The second kappa shape index (κ2) is 15.5. The predicted octanol–water partition coefficient (Wildman–Crippen LogP) is 5.42. The fourth-order valence-corrected chi connectivity index (χ4v) is 5.57. The van der Waals surface area contributed by atoms with E-state index in [9.17, 15) is 19.2 Å². The summed E-state index contributed by atoms with van der Waals surface area (Å²) in [5.74, 6) is 0.508. The third-order valence-corrected chi connectivity index (χ3v) is 7.99. The van der Waals surface area contributed by atoms with Crippen molar-refractivity contribution in [3.63, 3.8) is 0 Å². The minimum Gasteiger partial charge on any atom is -0.493 e. The lowest BCUT2D eigenvalue weighted by Crippen LogP contribution is -2.46. The Bertz CT molecular complexity index is 1970. The molecule has 50 heavy (non-hydrogen) atoms. The minimum absolute atomic E-state index is 0.0116. The number of hydrogen-bond donors (Lipinski definition) is 2. The highest BCUT2D eigenvalue weighted by atomic mass is 32.2. The molecule has 14 heteroatoms. The number of amides is 2. The van der Waals surface area contributed by atoms with E-state index < -0.39 is 35.6 Å². The molecule has 13 nitrogen and oxygen atoms in total. The molecule has 1 aliphatic heterocycles. The average Bonchev–Trinajstić information content (AvgIpc) is 3.56. The molecular weight excluding hydrogens is 668 g/mol. The zero-order valence-corrected chi connectivity index (χ0v) is 29.3. The molecule has 1 aromatic heterocycles. The van der Waals surface area contributed by atoms with Crippen LogP contribution in [0.4, 0.5) is 5.69 Å². The number of anilines is 1. The molecule has 0 radical (unpaired) electrons. The molecule has 1 aliphatic rings. The quantitative estimate of drug-likeness (QED) is 0.170. The van der Waals surface area contributed by atoms with Gasteiger partial charge in [-0.2, -0.15) is 11.8 Å². The average molecular weight is 707 g/mol. The number of carbonyl (C=O) groups is 3. The highest BCUT2D eigenvalue weighted by Gasteiger charge is 2.28. The van der Waals surface area contributed by atoms with E-state index in [-0.39, 0.29) is 46.7 Å². The predicted molar refractivity (Wildman–Crippen MR) is 188 cm³/mol. The van der Waals surface area contributed by atoms with Gasteiger partial charge in [-0.25, -0.2) is 4.79 Å². The van der Waals surface area contributed by atoms with Crippen molar-refractivity contribution in [2.24, 2.45) is 0 Å². The molecule has 2 heterocycles. The topological polar surface area (TPSA) is 161 Å². The molecule has 2 amide bonds. The van der Waals surface area contributed by atoms with Crippen LogP contribution < -0.4 is 39.7 Å². The number of ether oxygens (including phenoxy) is 6. The van der Waals surface area contributed by atoms with Crippen LogP contribution >= 0.6 is 11.8 Å². The fourth-order valence-electron chi connectivity index (χ4n) is 5.09. The number of esters is 1. The molecule has 264 valence electrons. The second-order valence-electron chi connectivity index (χ2n) is 12.1. The van der Waals surface area contributed by atoms with Crippen molar-refractivity contribution < 1.29 is 47.2 Å². The molecule has 4 aromatic rings. The zero-order chi connectivity index (χ0) is 36.0. The molecule has 3 aromatic carbocycles. The van der Waals surface area contributed by atoms with Gasteiger partial charge in [0.1, 0.15) is 28.4 Å². The number of methoxy groups -OCH3 is 2. The van der Waals surface area contributed by atoms with Gasteiger partial charge in [-0.1, -0.05) is 12.1 Å². The van der Waals surface area contributed by atoms with Gasteiger partial charge in [0.25, 0.3) is 11.8 Å². The number of carbonyl (C=O) groups excluding carboxylic acids is 3. The Labute approximate surface area is 292 Å². The maximum absolute atomic E-state index is 13.7. The Morgan fingerprint density at radius 2 is 1.74 bits per heavy atom. The van der Waals surface area contributed by atoms with E-state index in [1.807, 2.05) is 6.26 Å². The number of benzene rings is 3. The van der Waals surface area contributed by atoms with Crippen LogP contribution in [0.1, 0.15) is 37.6 Å². The molecule has 2 N–H and O–H groups in total. The molecular formula is C36H38N2O11S. The van der Waals surface area contributed by atoms with Crippen LogP contribution in [0.2, 0.25) is 0 Å². The smallest absolute Gasteiger partial charge is 0.329 e. The van der Waals surface area contributed by atoms with E-state index in [2.05, 4.69) is 10.6 Å². The lowest BCUT2D eigenvalue weighted by molar-refractivity contribution is -0.158. The van der Waals surface area contributed by atoms with Crippen molar-refractivity contribution in [1.82, 2.24) is 5.32 Å². The van der Waals surface area contributed by atoms with Gasteiger partial charge in [-0.05, 0) is 69.5 Å². The SMILES string of the molecule is COc1cc2oc(-c3cccc(NC(=O)c4ccc5c(c4)OCO5)c3)cc(=O)c2c(OCC(=O)N[C@@H](CCSC)C(=O)OC(C)(C)C)c1OC. The molecule has 0 saturated carbocycles. The van der Waals surface area contributed by atoms with Crippen molar-refractivity contribution in [2.75, 3.05) is 44.9 Å². The first-order chi connectivity index (χ1) is 23.9. The van der Waals surface area contributed by atoms with Crippen LogP contribution in [-0.4, -0.2) is 69.1 Å². The van der Waals surface area contributed by atoms with Crippen molar-refractivity contribution >= 4 is 46.2 Å². The van der Waals surface area contributed by atoms with E-state index in [4.69, 9.17) is 32.8 Å². The Balaban J connectivity index is 1.40. The summed E-state index contributed by atoms with van der Waals surface area (Å²) in [4.78, 5) is 52.5. The lowest BCUT2D eigenvalue weighted by Gasteiger charge is -2.24. The van der Waals surface area contributed by atoms with Crippen molar-refractivity contribution in [2.45, 2.75) is 38.8 Å². The summed E-state index contributed by atoms with van der Waals surface area (Å²) < 4.78 is 39.3. The number of thioether (sulfide) groups is 1. The lowest BCUT2D eigenvalue weighted by atomic mass is 10.1. The van der Waals surface area contributed by atoms with E-state index in [0.717, 1.165) is 0 Å². The Hall–Kier alpha value is -5.37. The van der Waals surface area contributed by atoms with Crippen LogP contribution in [0.25, 0.3) is 22.3 Å². The van der Waals surface area contributed by atoms with E-state index >= 15 is 0 Å². The third-order valence-electron chi connectivity index (χ3n) is 7.34. The van der Waals surface area contributed by atoms with Crippen molar-refractivity contribution in [3.8, 4) is 40.1 Å². The molecule has 0 bridgehead atoms. The first-order valence-electron chi connectivity index (χ1n) is 15.6. The van der Waals surface area contributed by atoms with E-state index in [1.165, 1.54) is 38.1 Å². The molecule has 0 aliphatic carbocycles. The number of nitrogens with one attached hydrogen (secondary N) is 2. The summed E-state index contributed by atoms with van der Waals surface area (Å²) in [6.07, 6.45) is 2.24. The summed E-state index contributed by atoms with van der Waals surface area (Å²) in [5.41, 5.74) is 0.208. The van der Waals surface area contributed by atoms with E-state index in [1.54, 1.807) is 63.2 Å². The maximum atomic E-state index is 13.7. The van der Waals surface area contributed by atoms with Crippen LogP contribution in [-0.2, 0) is 14.3 Å². The van der Waals surface area contributed by atoms with Gasteiger partial charge in [0.05, 0.1) is 14.2 Å². The second-order valence-corrected chi connectivity index (χ2v) is 13.1. The highest BCUT2D eigenvalue weighted by molar-refractivity contribution is 7.98. The maximum Gasteiger partial charge on any atom is 0.329 e. The first kappa shape index (κ1) is 35.9. The minimum atomic E-state index is -0.896. The van der Waals surface area contributed by atoms with Gasteiger partial charge in [-0.15, -0.1) is 0 Å². The molecule has 0 saturated heterocycles. The largest absolute Gasteiger partial charge is 0.493 e. The third kappa shape index (κ3) is 8.43. The van der Waals surface area contributed by atoms with Crippen molar-refractivity contribution in [1.29, 1.82) is 0 Å². The van der Waals surface area contributed by atoms with Crippen LogP contribution in [0, 0.1) is 0 Å². The zero-order valence-electron chi connectivity index (χ0n) is 28.5. The normalized spacial score (nSPS) is 12.6. The Kier molecular flexibility index (Phi) is 11.1. The molecule has 0 spiro atoms. The number of rotatable bonds is 13. The number of fused-ring (bicyclic) bond motifs is 2. The summed E-state index contributed by atoms with van der Waals surface area (Å²) in [7, 11) is 2.78. The van der Waals surface area contributed by atoms with Gasteiger partial charge in [0.15, 0.2) is 35.0 Å². The van der Waals surface area contributed by atoms with Gasteiger partial charge in [0.2, 0.25) is 12.5 Å². The molecule has 5 rings (SSSR count). The molecule has 0 fully saturated rings. The van der Waals surface area contributed by atoms with E-state index in [0.29, 0.717) is 40.5 Å². The van der Waals surface area contributed by atoms with Gasteiger partial charge < -0.3 is 43.5 Å². The molecule has 1 atom stereocenters. The first-order valence-corrected chi connectivity index (χ1v) is 17.0. The Morgan fingerprint density at radius 3 is 2.46 bits per heavy atom.